The van der Waals surface area contributed by atoms with Crippen molar-refractivity contribution >= 4 is 11.9 Å². The molecular formula is C23H21NO4. The van der Waals surface area contributed by atoms with E-state index in [1.807, 2.05) is 60.7 Å². The van der Waals surface area contributed by atoms with Crippen LogP contribution in [0.3, 0.4) is 0 Å². The van der Waals surface area contributed by atoms with Gasteiger partial charge in [-0.2, -0.15) is 0 Å². The number of nitrogens with zero attached hydrogens (tertiary/aromatic N) is 1. The standard InChI is InChI=1S/C23H21NO4/c1-3-27-22(25)18-15-19(23(26)28-4-2)21(17-13-9-6-10-14-17)24-20(18)16-11-7-5-8-12-16/h5-15H,3-4H2,1-2H3. The number of aromatic nitrogens is 1. The van der Waals surface area contributed by atoms with Crippen LogP contribution in [0.15, 0.2) is 66.7 Å². The van der Waals surface area contributed by atoms with Crippen molar-refractivity contribution in [2.24, 2.45) is 0 Å². The molecular weight excluding hydrogens is 354 g/mol. The summed E-state index contributed by atoms with van der Waals surface area (Å²) in [5.74, 6) is -1.06. The van der Waals surface area contributed by atoms with Crippen molar-refractivity contribution in [1.82, 2.24) is 4.98 Å². The van der Waals surface area contributed by atoms with E-state index in [4.69, 9.17) is 14.5 Å². The molecule has 0 saturated carbocycles. The maximum atomic E-state index is 12.6. The fourth-order valence-electron chi connectivity index (χ4n) is 2.87. The maximum Gasteiger partial charge on any atom is 0.340 e. The second-order valence-electron chi connectivity index (χ2n) is 5.95. The normalized spacial score (nSPS) is 10.4. The van der Waals surface area contributed by atoms with Gasteiger partial charge in [0.25, 0.3) is 0 Å². The minimum absolute atomic E-state index is 0.224. The highest BCUT2D eigenvalue weighted by molar-refractivity contribution is 6.03. The van der Waals surface area contributed by atoms with Gasteiger partial charge >= 0.3 is 11.9 Å². The molecule has 5 heteroatoms. The molecule has 0 atom stereocenters. The lowest BCUT2D eigenvalue weighted by Gasteiger charge is -2.15. The molecule has 142 valence electrons. The van der Waals surface area contributed by atoms with Gasteiger partial charge in [0.15, 0.2) is 0 Å². The van der Waals surface area contributed by atoms with E-state index in [0.29, 0.717) is 11.4 Å². The van der Waals surface area contributed by atoms with Gasteiger partial charge in [-0.05, 0) is 19.9 Å². The summed E-state index contributed by atoms with van der Waals surface area (Å²) in [7, 11) is 0. The quantitative estimate of drug-likeness (QED) is 0.581. The molecule has 0 aliphatic carbocycles. The number of carbonyl (C=O) groups excluding carboxylic acids is 2. The van der Waals surface area contributed by atoms with Crippen molar-refractivity contribution in [3.8, 4) is 22.5 Å². The molecule has 0 radical (unpaired) electrons. The molecule has 0 aliphatic heterocycles. The highest BCUT2D eigenvalue weighted by Crippen LogP contribution is 2.30. The van der Waals surface area contributed by atoms with Crippen LogP contribution in [0, 0.1) is 0 Å². The summed E-state index contributed by atoms with van der Waals surface area (Å²) in [6, 6.07) is 20.2. The summed E-state index contributed by atoms with van der Waals surface area (Å²) in [5.41, 5.74) is 2.92. The molecule has 3 aromatic rings. The predicted octanol–water partition coefficient (Wildman–Crippen LogP) is 4.77. The molecule has 0 fully saturated rings. The Morgan fingerprint density at radius 3 is 1.46 bits per heavy atom. The second-order valence-corrected chi connectivity index (χ2v) is 5.95. The van der Waals surface area contributed by atoms with Crippen LogP contribution in [0.1, 0.15) is 34.6 Å². The Labute approximate surface area is 164 Å². The first-order valence-corrected chi connectivity index (χ1v) is 9.15. The molecule has 0 saturated heterocycles. The summed E-state index contributed by atoms with van der Waals surface area (Å²) >= 11 is 0. The average molecular weight is 375 g/mol. The molecule has 0 amide bonds. The Hall–Kier alpha value is -3.47. The van der Waals surface area contributed by atoms with Crippen LogP contribution in [-0.4, -0.2) is 30.1 Å². The first-order valence-electron chi connectivity index (χ1n) is 9.15. The summed E-state index contributed by atoms with van der Waals surface area (Å²) < 4.78 is 10.4. The molecule has 0 unspecified atom stereocenters. The highest BCUT2D eigenvalue weighted by Gasteiger charge is 2.24. The second kappa shape index (κ2) is 8.95. The lowest BCUT2D eigenvalue weighted by Crippen LogP contribution is -2.14. The Balaban J connectivity index is 2.28. The van der Waals surface area contributed by atoms with Crippen LogP contribution in [-0.2, 0) is 9.47 Å². The number of hydrogen-bond donors (Lipinski definition) is 0. The number of pyridine rings is 1. The van der Waals surface area contributed by atoms with Crippen molar-refractivity contribution in [2.75, 3.05) is 13.2 Å². The topological polar surface area (TPSA) is 65.5 Å². The van der Waals surface area contributed by atoms with Gasteiger partial charge in [-0.3, -0.25) is 0 Å². The van der Waals surface area contributed by atoms with E-state index in [0.717, 1.165) is 11.1 Å². The third-order valence-electron chi connectivity index (χ3n) is 4.11. The van der Waals surface area contributed by atoms with E-state index in [1.165, 1.54) is 6.07 Å². The fraction of sp³-hybridized carbons (Fsp3) is 0.174. The molecule has 0 bridgehead atoms. The van der Waals surface area contributed by atoms with Crippen molar-refractivity contribution in [3.63, 3.8) is 0 Å². The zero-order chi connectivity index (χ0) is 19.9. The lowest BCUT2D eigenvalue weighted by atomic mass is 9.99. The number of benzene rings is 2. The van der Waals surface area contributed by atoms with Crippen molar-refractivity contribution < 1.29 is 19.1 Å². The molecule has 2 aromatic carbocycles. The first kappa shape index (κ1) is 19.3. The lowest BCUT2D eigenvalue weighted by molar-refractivity contribution is 0.0525. The Bertz CT molecular complexity index is 892. The number of rotatable bonds is 6. The zero-order valence-corrected chi connectivity index (χ0v) is 15.8. The molecule has 3 rings (SSSR count). The van der Waals surface area contributed by atoms with Crippen LogP contribution in [0.5, 0.6) is 0 Å². The number of hydrogen-bond acceptors (Lipinski definition) is 5. The SMILES string of the molecule is CCOC(=O)c1cc(C(=O)OCC)c(-c2ccccc2)nc1-c1ccccc1. The average Bonchev–Trinajstić information content (AvgIpc) is 2.74. The van der Waals surface area contributed by atoms with Gasteiger partial charge < -0.3 is 9.47 Å². The van der Waals surface area contributed by atoms with Gasteiger partial charge in [0, 0.05) is 11.1 Å². The van der Waals surface area contributed by atoms with Gasteiger partial charge in [-0.15, -0.1) is 0 Å². The van der Waals surface area contributed by atoms with Gasteiger partial charge in [0.2, 0.25) is 0 Å². The third kappa shape index (κ3) is 4.09. The van der Waals surface area contributed by atoms with E-state index < -0.39 is 11.9 Å². The van der Waals surface area contributed by atoms with E-state index in [-0.39, 0.29) is 24.3 Å². The van der Waals surface area contributed by atoms with Crippen LogP contribution in [0.4, 0.5) is 0 Å². The van der Waals surface area contributed by atoms with Gasteiger partial charge in [0.05, 0.1) is 35.7 Å². The predicted molar refractivity (Wildman–Crippen MR) is 107 cm³/mol. The molecule has 0 aliphatic rings. The van der Waals surface area contributed by atoms with Crippen LogP contribution in [0.2, 0.25) is 0 Å². The van der Waals surface area contributed by atoms with E-state index in [1.54, 1.807) is 13.8 Å². The number of ether oxygens (including phenoxy) is 2. The van der Waals surface area contributed by atoms with Crippen molar-refractivity contribution in [1.29, 1.82) is 0 Å². The van der Waals surface area contributed by atoms with Gasteiger partial charge in [-0.25, -0.2) is 14.6 Å². The van der Waals surface area contributed by atoms with Gasteiger partial charge in [-0.1, -0.05) is 60.7 Å². The largest absolute Gasteiger partial charge is 0.462 e. The van der Waals surface area contributed by atoms with Crippen molar-refractivity contribution in [2.45, 2.75) is 13.8 Å². The Morgan fingerprint density at radius 1 is 0.714 bits per heavy atom. The molecule has 0 N–H and O–H groups in total. The minimum atomic E-state index is -0.529. The van der Waals surface area contributed by atoms with E-state index >= 15 is 0 Å². The zero-order valence-electron chi connectivity index (χ0n) is 15.8. The Kier molecular flexibility index (Phi) is 6.17. The van der Waals surface area contributed by atoms with E-state index in [2.05, 4.69) is 0 Å². The maximum absolute atomic E-state index is 12.6. The molecule has 5 nitrogen and oxygen atoms in total. The molecule has 0 spiro atoms. The minimum Gasteiger partial charge on any atom is -0.462 e. The van der Waals surface area contributed by atoms with Crippen LogP contribution in [0.25, 0.3) is 22.5 Å². The fourth-order valence-corrected chi connectivity index (χ4v) is 2.87. The molecule has 1 heterocycles. The highest BCUT2D eigenvalue weighted by atomic mass is 16.5. The number of carbonyl (C=O) groups is 2. The third-order valence-corrected chi connectivity index (χ3v) is 4.11. The molecule has 28 heavy (non-hydrogen) atoms. The Morgan fingerprint density at radius 2 is 1.11 bits per heavy atom. The van der Waals surface area contributed by atoms with Crippen LogP contribution < -0.4 is 0 Å². The van der Waals surface area contributed by atoms with Crippen molar-refractivity contribution in [3.05, 3.63) is 77.9 Å². The van der Waals surface area contributed by atoms with Crippen LogP contribution >= 0.6 is 0 Å². The first-order chi connectivity index (χ1) is 13.7. The van der Waals surface area contributed by atoms with Gasteiger partial charge in [0.1, 0.15) is 0 Å². The number of esters is 2. The summed E-state index contributed by atoms with van der Waals surface area (Å²) in [5, 5.41) is 0. The smallest absolute Gasteiger partial charge is 0.340 e. The summed E-state index contributed by atoms with van der Waals surface area (Å²) in [6.45, 7) is 3.92. The summed E-state index contributed by atoms with van der Waals surface area (Å²) in [6.07, 6.45) is 0. The summed E-state index contributed by atoms with van der Waals surface area (Å²) in [4.78, 5) is 29.9. The van der Waals surface area contributed by atoms with E-state index in [9.17, 15) is 9.59 Å². The molecule has 1 aromatic heterocycles. The monoisotopic (exact) mass is 375 g/mol.